The van der Waals surface area contributed by atoms with Crippen molar-refractivity contribution in [3.63, 3.8) is 0 Å². The third-order valence-electron chi connectivity index (χ3n) is 8.22. The van der Waals surface area contributed by atoms with Gasteiger partial charge in [-0.15, -0.1) is 0 Å². The van der Waals surface area contributed by atoms with E-state index in [4.69, 9.17) is 28.4 Å². The lowest BCUT2D eigenvalue weighted by molar-refractivity contribution is 0.263. The molecule has 3 aliphatic rings. The first-order valence-electron chi connectivity index (χ1n) is 20.1. The average Bonchev–Trinajstić information content (AvgIpc) is 4.10. The third kappa shape index (κ3) is 20.2. The highest BCUT2D eigenvalue weighted by Gasteiger charge is 2.27. The summed E-state index contributed by atoms with van der Waals surface area (Å²) >= 11 is 13.5. The van der Waals surface area contributed by atoms with Crippen molar-refractivity contribution < 1.29 is 38.6 Å². The van der Waals surface area contributed by atoms with Crippen molar-refractivity contribution in [1.82, 2.24) is 0 Å². The molecule has 8 rings (SSSR count). The van der Waals surface area contributed by atoms with Crippen LogP contribution in [0.3, 0.4) is 0 Å². The normalized spacial score (nSPS) is 16.4. The third-order valence-corrected chi connectivity index (χ3v) is 10.6. The van der Waals surface area contributed by atoms with Crippen LogP contribution in [-0.2, 0) is 19.6 Å². The minimum Gasteiger partial charge on any atom is -0.506 e. The molecule has 326 valence electrons. The van der Waals surface area contributed by atoms with Crippen LogP contribution in [0.5, 0.6) is 28.7 Å². The second-order valence-corrected chi connectivity index (χ2v) is 17.8. The van der Waals surface area contributed by atoms with Crippen LogP contribution < -0.4 is 14.2 Å². The topological polar surface area (TPSA) is 106 Å². The van der Waals surface area contributed by atoms with E-state index in [1.165, 1.54) is 12.8 Å². The Labute approximate surface area is 390 Å². The van der Waals surface area contributed by atoms with Crippen LogP contribution in [0.2, 0.25) is 0 Å². The van der Waals surface area contributed by atoms with Gasteiger partial charge in [0.25, 0.3) is 0 Å². The Bertz CT molecular complexity index is 1690. The van der Waals surface area contributed by atoms with Crippen molar-refractivity contribution in [2.24, 2.45) is 0 Å². The molecule has 0 radical (unpaired) electrons. The molecule has 60 heavy (non-hydrogen) atoms. The summed E-state index contributed by atoms with van der Waals surface area (Å²) < 4.78 is 33.8. The summed E-state index contributed by atoms with van der Waals surface area (Å²) in [5, 5.41) is 19.7. The summed E-state index contributed by atoms with van der Waals surface area (Å²) in [6, 6.07) is 37.0. The summed E-state index contributed by atoms with van der Waals surface area (Å²) in [6.07, 6.45) is 3.53. The van der Waals surface area contributed by atoms with Gasteiger partial charge in [-0.3, -0.25) is 0 Å². The lowest BCUT2D eigenvalue weighted by atomic mass is 9.78. The van der Waals surface area contributed by atoms with Gasteiger partial charge in [-0.1, -0.05) is 109 Å². The summed E-state index contributed by atoms with van der Waals surface area (Å²) in [5.41, 5.74) is 1.75. The second kappa shape index (κ2) is 27.8. The van der Waals surface area contributed by atoms with Gasteiger partial charge in [-0.2, -0.15) is 0 Å². The van der Waals surface area contributed by atoms with Gasteiger partial charge >= 0.3 is 0 Å². The van der Waals surface area contributed by atoms with Crippen molar-refractivity contribution in [2.45, 2.75) is 78.1 Å². The molecule has 0 aliphatic carbocycles. The molecule has 3 unspecified atom stereocenters. The number of aromatic hydroxyl groups is 2. The van der Waals surface area contributed by atoms with Crippen LogP contribution >= 0.6 is 63.7 Å². The molecule has 3 fully saturated rings. The molecule has 3 saturated heterocycles. The number of phenolic OH excluding ortho intramolecular Hbond substituents is 2. The van der Waals surface area contributed by atoms with E-state index in [0.717, 1.165) is 48.2 Å². The Hall–Kier alpha value is -3.10. The van der Waals surface area contributed by atoms with Gasteiger partial charge in [0.1, 0.15) is 66.9 Å². The zero-order chi connectivity index (χ0) is 43.9. The molecule has 8 nitrogen and oxygen atoms in total. The van der Waals surface area contributed by atoms with Crippen LogP contribution in [0.25, 0.3) is 0 Å². The lowest BCUT2D eigenvalue weighted by Gasteiger charge is -2.27. The molecule has 5 aromatic rings. The molecule has 3 aliphatic heterocycles. The molecular formula is C48H58Br4O8. The van der Waals surface area contributed by atoms with E-state index in [9.17, 15) is 10.2 Å². The van der Waals surface area contributed by atoms with E-state index in [-0.39, 0.29) is 16.9 Å². The lowest BCUT2D eigenvalue weighted by Crippen LogP contribution is -2.19. The zero-order valence-electron chi connectivity index (χ0n) is 35.2. The highest BCUT2D eigenvalue weighted by atomic mass is 79.9. The number of epoxide rings is 3. The second-order valence-electron chi connectivity index (χ2n) is 14.4. The quantitative estimate of drug-likeness (QED) is 0.126. The molecule has 3 heterocycles. The van der Waals surface area contributed by atoms with E-state index in [1.54, 1.807) is 0 Å². The maximum atomic E-state index is 9.85. The van der Waals surface area contributed by atoms with Gasteiger partial charge in [0.2, 0.25) is 0 Å². The number of rotatable bonds is 11. The number of benzene rings is 5. The highest BCUT2D eigenvalue weighted by Crippen LogP contribution is 2.43. The van der Waals surface area contributed by atoms with Gasteiger partial charge in [-0.05, 0) is 136 Å². The fourth-order valence-electron chi connectivity index (χ4n) is 4.63. The van der Waals surface area contributed by atoms with E-state index < -0.39 is 0 Å². The van der Waals surface area contributed by atoms with E-state index >= 15 is 0 Å². The number of halogens is 4. The summed E-state index contributed by atoms with van der Waals surface area (Å²) in [7, 11) is 0. The van der Waals surface area contributed by atoms with E-state index in [1.807, 2.05) is 115 Å². The zero-order valence-corrected chi connectivity index (χ0v) is 41.6. The molecule has 0 saturated carbocycles. The van der Waals surface area contributed by atoms with Crippen molar-refractivity contribution in [1.29, 1.82) is 0 Å². The van der Waals surface area contributed by atoms with Crippen molar-refractivity contribution in [3.05, 3.63) is 144 Å². The average molecular weight is 1080 g/mol. The number of hydrogen-bond donors (Lipinski definition) is 2. The minimum absolute atomic E-state index is 0.183. The Balaban J connectivity index is 0.000000212. The first kappa shape index (κ1) is 51.3. The molecule has 0 amide bonds. The smallest absolute Gasteiger partial charge is 0.143 e. The van der Waals surface area contributed by atoms with Crippen molar-refractivity contribution >= 4 is 63.7 Å². The molecule has 5 aromatic carbocycles. The first-order valence-corrected chi connectivity index (χ1v) is 23.2. The number of phenols is 2. The Morgan fingerprint density at radius 3 is 0.900 bits per heavy atom. The van der Waals surface area contributed by atoms with Crippen LogP contribution in [-0.4, -0.2) is 68.2 Å². The Morgan fingerprint density at radius 1 is 0.483 bits per heavy atom. The van der Waals surface area contributed by atoms with Gasteiger partial charge < -0.3 is 38.6 Å². The van der Waals surface area contributed by atoms with E-state index in [2.05, 4.69) is 105 Å². The Kier molecular flexibility index (Phi) is 23.7. The number of hydrogen-bond acceptors (Lipinski definition) is 8. The predicted octanol–water partition coefficient (Wildman–Crippen LogP) is 13.7. The predicted molar refractivity (Wildman–Crippen MR) is 256 cm³/mol. The molecule has 0 bridgehead atoms. The fourth-order valence-corrected chi connectivity index (χ4v) is 7.00. The number of ether oxygens (including phenoxy) is 6. The van der Waals surface area contributed by atoms with Crippen LogP contribution in [0, 0.1) is 0 Å². The summed E-state index contributed by atoms with van der Waals surface area (Å²) in [6.45, 7) is 17.3. The van der Waals surface area contributed by atoms with Crippen molar-refractivity contribution in [3.8, 4) is 28.7 Å². The monoisotopic (exact) mass is 1080 g/mol. The minimum atomic E-state index is -0.308. The van der Waals surface area contributed by atoms with Gasteiger partial charge in [0.15, 0.2) is 0 Å². The van der Waals surface area contributed by atoms with Gasteiger partial charge in [-0.25, -0.2) is 0 Å². The number of para-hydroxylation sites is 3. The van der Waals surface area contributed by atoms with Gasteiger partial charge in [0.05, 0.1) is 37.7 Å². The van der Waals surface area contributed by atoms with Gasteiger partial charge in [0, 0.05) is 5.41 Å². The van der Waals surface area contributed by atoms with E-state index in [0.29, 0.717) is 56.0 Å². The molecule has 0 spiro atoms. The fraction of sp³-hybridized carbons (Fsp3) is 0.375. The van der Waals surface area contributed by atoms with Crippen LogP contribution in [0.4, 0.5) is 0 Å². The largest absolute Gasteiger partial charge is 0.506 e. The standard InChI is InChI=1S/C15H12Br4O2.3C9H10O2.2C3H8/c1-15(2,7-3-9(16)13(20)10(17)4-7)8-5-11(18)14(21)12(19)6-8;3*1-2-4-8(5-3-1)10-6-9-7-11-9;2*1-3-2/h3-6,20-21H,1-2H3;3*1-5,9H,6-7H2;2*3H2,1-2H3. The molecule has 0 aromatic heterocycles. The van der Waals surface area contributed by atoms with Crippen molar-refractivity contribution in [2.75, 3.05) is 39.6 Å². The maximum Gasteiger partial charge on any atom is 0.143 e. The molecular weight excluding hydrogens is 1020 g/mol. The maximum absolute atomic E-state index is 9.85. The molecule has 12 heteroatoms. The summed E-state index contributed by atoms with van der Waals surface area (Å²) in [5.74, 6) is 3.12. The molecule has 3 atom stereocenters. The van der Waals surface area contributed by atoms with Crippen LogP contribution in [0.1, 0.15) is 65.5 Å². The molecule has 2 N–H and O–H groups in total. The SMILES string of the molecule is CC(C)(c1cc(Br)c(O)c(Br)c1)c1cc(Br)c(O)c(Br)c1.CCC.CCC.c1ccc(OCC2CO2)cc1.c1ccc(OCC2CO2)cc1.c1ccc(OCC2CO2)cc1. The van der Waals surface area contributed by atoms with Crippen LogP contribution in [0.15, 0.2) is 133 Å². The highest BCUT2D eigenvalue weighted by molar-refractivity contribution is 9.11. The first-order chi connectivity index (χ1) is 28.8. The Morgan fingerprint density at radius 2 is 0.700 bits per heavy atom. The summed E-state index contributed by atoms with van der Waals surface area (Å²) in [4.78, 5) is 0.